The summed E-state index contributed by atoms with van der Waals surface area (Å²) in [6.07, 6.45) is 5.06. The summed E-state index contributed by atoms with van der Waals surface area (Å²) in [5, 5.41) is 4.20. The number of rotatable bonds is 7. The van der Waals surface area contributed by atoms with Gasteiger partial charge in [0.05, 0.1) is 12.5 Å². The van der Waals surface area contributed by atoms with E-state index in [2.05, 4.69) is 16.8 Å². The van der Waals surface area contributed by atoms with E-state index in [4.69, 9.17) is 10.5 Å². The second kappa shape index (κ2) is 5.85. The Hall–Kier alpha value is -0.870. The van der Waals surface area contributed by atoms with E-state index in [0.29, 0.717) is 12.5 Å². The van der Waals surface area contributed by atoms with Gasteiger partial charge in [0.2, 0.25) is 0 Å². The largest absolute Gasteiger partial charge is 0.469 e. The van der Waals surface area contributed by atoms with E-state index in [1.807, 2.05) is 0 Å². The Morgan fingerprint density at radius 3 is 2.89 bits per heavy atom. The first-order chi connectivity index (χ1) is 8.70. The second-order valence-electron chi connectivity index (χ2n) is 5.26. The number of aryl methyl sites for hydroxylation is 1. The number of hydrogen-bond acceptors (Lipinski definition) is 4. The molecule has 1 saturated carbocycles. The van der Waals surface area contributed by atoms with Crippen molar-refractivity contribution in [3.8, 4) is 0 Å². The van der Waals surface area contributed by atoms with Crippen LogP contribution >= 0.6 is 11.3 Å². The van der Waals surface area contributed by atoms with E-state index in [0.717, 1.165) is 19.3 Å². The summed E-state index contributed by atoms with van der Waals surface area (Å²) in [6, 6.07) is 2.11. The third-order valence-electron chi connectivity index (χ3n) is 3.86. The molecule has 100 valence electrons. The number of thiophene rings is 1. The van der Waals surface area contributed by atoms with Crippen LogP contribution in [0, 0.1) is 11.3 Å². The fourth-order valence-electron chi connectivity index (χ4n) is 2.47. The molecule has 1 aromatic heterocycles. The van der Waals surface area contributed by atoms with E-state index in [1.54, 1.807) is 11.3 Å². The molecule has 1 aromatic rings. The van der Waals surface area contributed by atoms with Crippen molar-refractivity contribution in [1.82, 2.24) is 0 Å². The van der Waals surface area contributed by atoms with Crippen molar-refractivity contribution in [1.29, 1.82) is 0 Å². The zero-order valence-corrected chi connectivity index (χ0v) is 11.7. The molecule has 0 aliphatic heterocycles. The van der Waals surface area contributed by atoms with Gasteiger partial charge in [0.25, 0.3) is 0 Å². The molecule has 1 aliphatic rings. The van der Waals surface area contributed by atoms with Crippen molar-refractivity contribution in [2.45, 2.75) is 32.1 Å². The number of hydrogen-bond donors (Lipinski definition) is 1. The van der Waals surface area contributed by atoms with E-state index in [-0.39, 0.29) is 5.97 Å². The van der Waals surface area contributed by atoms with Crippen LogP contribution in [0.5, 0.6) is 0 Å². The minimum Gasteiger partial charge on any atom is -0.469 e. The molecule has 2 rings (SSSR count). The smallest absolute Gasteiger partial charge is 0.313 e. The molecule has 3 nitrogen and oxygen atoms in total. The molecular weight excluding hydrogens is 246 g/mol. The van der Waals surface area contributed by atoms with E-state index >= 15 is 0 Å². The Morgan fingerprint density at radius 2 is 2.39 bits per heavy atom. The number of methoxy groups -OCH3 is 1. The van der Waals surface area contributed by atoms with E-state index < -0.39 is 5.41 Å². The number of ether oxygens (including phenoxy) is 1. The zero-order chi connectivity index (χ0) is 13.0. The third kappa shape index (κ3) is 3.12. The molecule has 0 spiro atoms. The Kier molecular flexibility index (Phi) is 4.40. The molecule has 1 heterocycles. The van der Waals surface area contributed by atoms with Gasteiger partial charge in [-0.25, -0.2) is 0 Å². The number of nitrogens with two attached hydrogens (primary N) is 1. The molecule has 1 aliphatic carbocycles. The van der Waals surface area contributed by atoms with Crippen LogP contribution in [0.4, 0.5) is 0 Å². The summed E-state index contributed by atoms with van der Waals surface area (Å²) < 4.78 is 4.99. The van der Waals surface area contributed by atoms with Crippen LogP contribution < -0.4 is 5.73 Å². The number of esters is 1. The fraction of sp³-hybridized carbons (Fsp3) is 0.643. The monoisotopic (exact) mass is 267 g/mol. The van der Waals surface area contributed by atoms with Crippen molar-refractivity contribution in [3.05, 3.63) is 22.4 Å². The SMILES string of the molecule is COC(=O)C(CN)(CCc1ccsc1)CC1CC1. The first kappa shape index (κ1) is 13.6. The predicted molar refractivity (Wildman–Crippen MR) is 73.5 cm³/mol. The van der Waals surface area contributed by atoms with Gasteiger partial charge in [-0.05, 0) is 47.6 Å². The Balaban J connectivity index is 2.03. The number of carbonyl (C=O) groups excluding carboxylic acids is 1. The quantitative estimate of drug-likeness (QED) is 0.773. The van der Waals surface area contributed by atoms with Crippen molar-refractivity contribution in [3.63, 3.8) is 0 Å². The van der Waals surface area contributed by atoms with Crippen LogP contribution in [0.15, 0.2) is 16.8 Å². The first-order valence-corrected chi connectivity index (χ1v) is 7.44. The van der Waals surface area contributed by atoms with Crippen LogP contribution in [0.3, 0.4) is 0 Å². The van der Waals surface area contributed by atoms with Crippen LogP contribution in [0.25, 0.3) is 0 Å². The Labute approximate surface area is 112 Å². The standard InChI is InChI=1S/C14H21NO2S/c1-17-13(16)14(10-15,8-11-2-3-11)6-4-12-5-7-18-9-12/h5,7,9,11H,2-4,6,8,10,15H2,1H3. The lowest BCUT2D eigenvalue weighted by atomic mass is 9.77. The maximum atomic E-state index is 12.1. The lowest BCUT2D eigenvalue weighted by molar-refractivity contribution is -0.153. The average molecular weight is 267 g/mol. The molecule has 0 amide bonds. The Morgan fingerprint density at radius 1 is 1.61 bits per heavy atom. The molecule has 2 N–H and O–H groups in total. The zero-order valence-electron chi connectivity index (χ0n) is 10.9. The average Bonchev–Trinajstić information content (AvgIpc) is 3.05. The van der Waals surface area contributed by atoms with Crippen molar-refractivity contribution in [2.75, 3.05) is 13.7 Å². The second-order valence-corrected chi connectivity index (χ2v) is 6.04. The highest BCUT2D eigenvalue weighted by atomic mass is 32.1. The van der Waals surface area contributed by atoms with Gasteiger partial charge in [0, 0.05) is 6.54 Å². The van der Waals surface area contributed by atoms with Crippen molar-refractivity contribution >= 4 is 17.3 Å². The molecule has 0 aromatic carbocycles. The molecule has 1 fully saturated rings. The van der Waals surface area contributed by atoms with Gasteiger partial charge >= 0.3 is 5.97 Å². The highest BCUT2D eigenvalue weighted by Crippen LogP contribution is 2.43. The maximum Gasteiger partial charge on any atom is 0.313 e. The van der Waals surface area contributed by atoms with Crippen LogP contribution in [-0.4, -0.2) is 19.6 Å². The van der Waals surface area contributed by atoms with E-state index in [9.17, 15) is 4.79 Å². The predicted octanol–water partition coefficient (Wildman–Crippen LogP) is 2.60. The van der Waals surface area contributed by atoms with Crippen molar-refractivity contribution < 1.29 is 9.53 Å². The van der Waals surface area contributed by atoms with Gasteiger partial charge in [0.15, 0.2) is 0 Å². The Bertz CT molecular complexity index is 387. The van der Waals surface area contributed by atoms with Gasteiger partial charge in [-0.15, -0.1) is 0 Å². The topological polar surface area (TPSA) is 52.3 Å². The van der Waals surface area contributed by atoms with Gasteiger partial charge < -0.3 is 10.5 Å². The first-order valence-electron chi connectivity index (χ1n) is 6.50. The highest BCUT2D eigenvalue weighted by molar-refractivity contribution is 7.07. The van der Waals surface area contributed by atoms with Gasteiger partial charge in [-0.1, -0.05) is 12.8 Å². The lowest BCUT2D eigenvalue weighted by Gasteiger charge is -2.29. The van der Waals surface area contributed by atoms with Crippen LogP contribution in [-0.2, 0) is 16.0 Å². The highest BCUT2D eigenvalue weighted by Gasteiger charge is 2.42. The summed E-state index contributed by atoms with van der Waals surface area (Å²) in [5.74, 6) is 0.544. The molecule has 1 unspecified atom stereocenters. The third-order valence-corrected chi connectivity index (χ3v) is 4.59. The molecule has 0 bridgehead atoms. The van der Waals surface area contributed by atoms with Crippen LogP contribution in [0.1, 0.15) is 31.2 Å². The van der Waals surface area contributed by atoms with E-state index in [1.165, 1.54) is 25.5 Å². The summed E-state index contributed by atoms with van der Waals surface area (Å²) in [6.45, 7) is 0.389. The van der Waals surface area contributed by atoms with Crippen molar-refractivity contribution in [2.24, 2.45) is 17.1 Å². The van der Waals surface area contributed by atoms with Crippen LogP contribution in [0.2, 0.25) is 0 Å². The van der Waals surface area contributed by atoms with Gasteiger partial charge in [0.1, 0.15) is 0 Å². The molecule has 4 heteroatoms. The lowest BCUT2D eigenvalue weighted by Crippen LogP contribution is -2.40. The molecular formula is C14H21NO2S. The summed E-state index contributed by atoms with van der Waals surface area (Å²) in [7, 11) is 1.46. The molecule has 0 radical (unpaired) electrons. The van der Waals surface area contributed by atoms with Gasteiger partial charge in [-0.2, -0.15) is 11.3 Å². The minimum atomic E-state index is -0.474. The maximum absolute atomic E-state index is 12.1. The number of carbonyl (C=O) groups is 1. The normalized spacial score (nSPS) is 18.3. The summed E-state index contributed by atoms with van der Waals surface area (Å²) >= 11 is 1.69. The molecule has 0 saturated heterocycles. The summed E-state index contributed by atoms with van der Waals surface area (Å²) in [5.41, 5.74) is 6.72. The molecule has 1 atom stereocenters. The minimum absolute atomic E-state index is 0.132. The van der Waals surface area contributed by atoms with Gasteiger partial charge in [-0.3, -0.25) is 4.79 Å². The summed E-state index contributed by atoms with van der Waals surface area (Å²) in [4.78, 5) is 12.1. The fourth-order valence-corrected chi connectivity index (χ4v) is 3.17. The molecule has 18 heavy (non-hydrogen) atoms.